The molecule has 0 radical (unpaired) electrons. The van der Waals surface area contributed by atoms with Crippen LogP contribution in [0.25, 0.3) is 21.8 Å². The summed E-state index contributed by atoms with van der Waals surface area (Å²) in [6.07, 6.45) is 18.3. The molecule has 222 valence electrons. The minimum Gasteiger partial charge on any atom is -0.489 e. The van der Waals surface area contributed by atoms with Crippen molar-refractivity contribution in [2.45, 2.75) is 94.7 Å². The predicted octanol–water partition coefficient (Wildman–Crippen LogP) is 7.73. The molecule has 4 N–H and O–H groups in total. The Morgan fingerprint density at radius 3 is 2.62 bits per heavy atom. The van der Waals surface area contributed by atoms with Crippen molar-refractivity contribution in [1.29, 1.82) is 0 Å². The van der Waals surface area contributed by atoms with Crippen LogP contribution in [-0.2, 0) is 0 Å². The van der Waals surface area contributed by atoms with Crippen molar-refractivity contribution in [1.82, 2.24) is 15.6 Å². The smallest absolute Gasteiger partial charge is 0.191 e. The van der Waals surface area contributed by atoms with Crippen LogP contribution in [0.15, 0.2) is 53.3 Å². The molecule has 3 aromatic rings. The Hall–Kier alpha value is -3.55. The zero-order chi connectivity index (χ0) is 28.5. The standard InChI is InChI=1S/C34H41F2N5O/c35-21-12-14-29-25(18-21)27-20-28-26-19-22(36)13-15-30(26)41-32(28)33(31(27)40-29)42-17-7-16-37-34(38-23-8-3-1-4-9-23)39-24-10-5-2-6-11-24/h12-15,18-20,23-25,29,40-41H,1-11,16-17H2,(H2,37,38,39). The van der Waals surface area contributed by atoms with Crippen molar-refractivity contribution in [3.8, 4) is 5.75 Å². The molecule has 2 fully saturated rings. The van der Waals surface area contributed by atoms with Gasteiger partial charge in [0.05, 0.1) is 29.9 Å². The number of H-pyrrole nitrogens is 1. The number of anilines is 1. The van der Waals surface area contributed by atoms with E-state index in [2.05, 4.69) is 27.0 Å². The van der Waals surface area contributed by atoms with Crippen LogP contribution in [0.2, 0.25) is 0 Å². The van der Waals surface area contributed by atoms with Gasteiger partial charge in [-0.2, -0.15) is 0 Å². The van der Waals surface area contributed by atoms with Gasteiger partial charge in [-0.05, 0) is 74.1 Å². The van der Waals surface area contributed by atoms with Gasteiger partial charge in [0, 0.05) is 34.8 Å². The van der Waals surface area contributed by atoms with Crippen molar-refractivity contribution >= 4 is 33.5 Å². The number of halogens is 2. The molecule has 3 aliphatic carbocycles. The largest absolute Gasteiger partial charge is 0.489 e. The first-order chi connectivity index (χ1) is 20.6. The molecule has 7 rings (SSSR count). The number of aromatic nitrogens is 1. The summed E-state index contributed by atoms with van der Waals surface area (Å²) in [6, 6.07) is 7.70. The lowest BCUT2D eigenvalue weighted by Crippen LogP contribution is -2.45. The van der Waals surface area contributed by atoms with E-state index in [0.717, 1.165) is 52.0 Å². The number of hydrogen-bond donors (Lipinski definition) is 4. The zero-order valence-electron chi connectivity index (χ0n) is 24.2. The molecule has 1 aromatic heterocycles. The Kier molecular flexibility index (Phi) is 7.78. The van der Waals surface area contributed by atoms with Gasteiger partial charge in [-0.1, -0.05) is 44.6 Å². The molecule has 1 aliphatic heterocycles. The van der Waals surface area contributed by atoms with E-state index < -0.39 is 0 Å². The minimum atomic E-state index is -0.285. The molecular formula is C34H41F2N5O. The zero-order valence-corrected chi connectivity index (χ0v) is 24.2. The van der Waals surface area contributed by atoms with E-state index in [1.165, 1.54) is 76.4 Å². The number of hydrogen-bond acceptors (Lipinski definition) is 3. The molecule has 0 saturated heterocycles. The molecule has 8 heteroatoms. The van der Waals surface area contributed by atoms with Gasteiger partial charge in [-0.25, -0.2) is 13.8 Å². The Morgan fingerprint density at radius 2 is 1.79 bits per heavy atom. The lowest BCUT2D eigenvalue weighted by molar-refractivity contribution is 0.315. The number of fused-ring (bicyclic) bond motifs is 6. The average Bonchev–Trinajstić information content (AvgIpc) is 3.55. The number of benzene rings is 2. The summed E-state index contributed by atoms with van der Waals surface area (Å²) >= 11 is 0. The van der Waals surface area contributed by atoms with Crippen LogP contribution in [0.5, 0.6) is 5.75 Å². The molecule has 2 aromatic carbocycles. The van der Waals surface area contributed by atoms with Crippen molar-refractivity contribution < 1.29 is 13.5 Å². The molecular weight excluding hydrogens is 532 g/mol. The Bertz CT molecular complexity index is 1530. The van der Waals surface area contributed by atoms with Crippen molar-refractivity contribution in [3.05, 3.63) is 59.7 Å². The molecule has 2 unspecified atom stereocenters. The Morgan fingerprint density at radius 1 is 0.976 bits per heavy atom. The van der Waals surface area contributed by atoms with Gasteiger partial charge in [0.2, 0.25) is 0 Å². The highest BCUT2D eigenvalue weighted by Crippen LogP contribution is 2.49. The highest BCUT2D eigenvalue weighted by atomic mass is 19.1. The summed E-state index contributed by atoms with van der Waals surface area (Å²) < 4.78 is 35.0. The number of allylic oxidation sites excluding steroid dienone is 2. The molecule has 4 aliphatic rings. The number of ether oxygens (including phenoxy) is 1. The van der Waals surface area contributed by atoms with Gasteiger partial charge in [-0.3, -0.25) is 0 Å². The Labute approximate surface area is 246 Å². The molecule has 0 bridgehead atoms. The number of nitrogens with zero attached hydrogens (tertiary/aromatic N) is 1. The number of nitrogens with one attached hydrogen (secondary N) is 4. The van der Waals surface area contributed by atoms with Crippen LogP contribution < -0.4 is 20.7 Å². The number of aromatic amines is 1. The molecule has 42 heavy (non-hydrogen) atoms. The maximum Gasteiger partial charge on any atom is 0.191 e. The molecule has 2 saturated carbocycles. The van der Waals surface area contributed by atoms with E-state index in [1.54, 1.807) is 18.2 Å². The summed E-state index contributed by atoms with van der Waals surface area (Å²) in [4.78, 5) is 8.58. The average molecular weight is 574 g/mol. The van der Waals surface area contributed by atoms with Gasteiger partial charge < -0.3 is 25.7 Å². The van der Waals surface area contributed by atoms with Crippen molar-refractivity contribution in [2.24, 2.45) is 4.99 Å². The predicted molar refractivity (Wildman–Crippen MR) is 167 cm³/mol. The van der Waals surface area contributed by atoms with Gasteiger partial charge >= 0.3 is 0 Å². The summed E-state index contributed by atoms with van der Waals surface area (Å²) in [5.41, 5.74) is 3.54. The van der Waals surface area contributed by atoms with Crippen LogP contribution in [0, 0.1) is 5.82 Å². The lowest BCUT2D eigenvalue weighted by atomic mass is 9.90. The first-order valence-electron chi connectivity index (χ1n) is 15.9. The number of rotatable bonds is 7. The lowest BCUT2D eigenvalue weighted by Gasteiger charge is -2.27. The summed E-state index contributed by atoms with van der Waals surface area (Å²) in [6.45, 7) is 1.25. The van der Waals surface area contributed by atoms with Crippen LogP contribution >= 0.6 is 0 Å². The van der Waals surface area contributed by atoms with Gasteiger partial charge in [-0.15, -0.1) is 0 Å². The number of aliphatic imine (C=N–C) groups is 1. The van der Waals surface area contributed by atoms with E-state index >= 15 is 0 Å². The van der Waals surface area contributed by atoms with Gasteiger partial charge in [0.1, 0.15) is 11.6 Å². The second-order valence-corrected chi connectivity index (χ2v) is 12.4. The van der Waals surface area contributed by atoms with E-state index in [0.29, 0.717) is 24.4 Å². The monoisotopic (exact) mass is 573 g/mol. The fourth-order valence-corrected chi connectivity index (χ4v) is 7.21. The van der Waals surface area contributed by atoms with Gasteiger partial charge in [0.25, 0.3) is 0 Å². The summed E-state index contributed by atoms with van der Waals surface area (Å²) in [7, 11) is 0. The quantitative estimate of drug-likeness (QED) is 0.133. The third kappa shape index (κ3) is 5.60. The number of guanidine groups is 1. The molecule has 6 nitrogen and oxygen atoms in total. The normalized spacial score (nSPS) is 23.0. The first-order valence-corrected chi connectivity index (χ1v) is 15.9. The highest BCUT2D eigenvalue weighted by molar-refractivity contribution is 6.11. The van der Waals surface area contributed by atoms with Crippen molar-refractivity contribution in [2.75, 3.05) is 18.5 Å². The third-order valence-electron chi connectivity index (χ3n) is 9.39. The topological polar surface area (TPSA) is 73.5 Å². The fourth-order valence-electron chi connectivity index (χ4n) is 7.21. The van der Waals surface area contributed by atoms with Crippen LogP contribution in [0.4, 0.5) is 14.5 Å². The maximum absolute atomic E-state index is 14.3. The maximum atomic E-state index is 14.3. The second-order valence-electron chi connectivity index (χ2n) is 12.4. The van der Waals surface area contributed by atoms with E-state index in [1.807, 2.05) is 6.08 Å². The van der Waals surface area contributed by atoms with Crippen molar-refractivity contribution in [3.63, 3.8) is 0 Å². The summed E-state index contributed by atoms with van der Waals surface area (Å²) in [5, 5.41) is 12.6. The second kappa shape index (κ2) is 12.0. The Balaban J connectivity index is 1.09. The highest BCUT2D eigenvalue weighted by Gasteiger charge is 2.35. The SMILES string of the molecule is FC1=CC2c3cc4c([nH]c5ccc(F)cc54)c(OCCCN/C(=N/C4CCCCC4)NC4CCCCC4)c3NC2C=C1. The minimum absolute atomic E-state index is 0.0394. The van der Waals surface area contributed by atoms with Crippen LogP contribution in [0.1, 0.15) is 82.1 Å². The van der Waals surface area contributed by atoms with E-state index in [-0.39, 0.29) is 23.6 Å². The van der Waals surface area contributed by atoms with Crippen LogP contribution in [-0.4, -0.2) is 42.2 Å². The van der Waals surface area contributed by atoms with Crippen LogP contribution in [0.3, 0.4) is 0 Å². The van der Waals surface area contributed by atoms with E-state index in [4.69, 9.17) is 9.73 Å². The molecule has 2 heterocycles. The van der Waals surface area contributed by atoms with E-state index in [9.17, 15) is 8.78 Å². The molecule has 2 atom stereocenters. The third-order valence-corrected chi connectivity index (χ3v) is 9.39. The molecule has 0 spiro atoms. The van der Waals surface area contributed by atoms with Gasteiger partial charge in [0.15, 0.2) is 11.7 Å². The molecule has 0 amide bonds. The summed E-state index contributed by atoms with van der Waals surface area (Å²) in [5.74, 6) is 0.999. The first kappa shape index (κ1) is 27.3. The fraction of sp³-hybridized carbons (Fsp3) is 0.500.